The number of rotatable bonds is 5. The van der Waals surface area contributed by atoms with E-state index in [-0.39, 0.29) is 5.75 Å². The summed E-state index contributed by atoms with van der Waals surface area (Å²) >= 11 is 0. The molecular weight excluding hydrogens is 228 g/mol. The third kappa shape index (κ3) is 2.26. The summed E-state index contributed by atoms with van der Waals surface area (Å²) in [6.07, 6.45) is 0. The molecule has 0 unspecified atom stereocenters. The summed E-state index contributed by atoms with van der Waals surface area (Å²) in [6, 6.07) is 0. The lowest BCUT2D eigenvalue weighted by atomic mass is 10.5. The van der Waals surface area contributed by atoms with Crippen molar-refractivity contribution in [3.8, 4) is 0 Å². The maximum Gasteiger partial charge on any atom is 0.172 e. The van der Waals surface area contributed by atoms with E-state index < -0.39 is 36.1 Å². The molecule has 0 saturated carbocycles. The van der Waals surface area contributed by atoms with Crippen molar-refractivity contribution in [2.24, 2.45) is 0 Å². The average Bonchev–Trinajstić information content (AvgIpc) is 2.03. The van der Waals surface area contributed by atoms with E-state index in [0.29, 0.717) is 0 Å². The van der Waals surface area contributed by atoms with E-state index in [1.165, 1.54) is 6.92 Å². The second-order valence-electron chi connectivity index (χ2n) is 3.35. The third-order valence-corrected chi connectivity index (χ3v) is 8.24. The lowest BCUT2D eigenvalue weighted by Gasteiger charge is -2.23. The van der Waals surface area contributed by atoms with Crippen LogP contribution < -0.4 is 0 Å². The van der Waals surface area contributed by atoms with Gasteiger partial charge in [-0.2, -0.15) is 0 Å². The van der Waals surface area contributed by atoms with Gasteiger partial charge in [0.2, 0.25) is 0 Å². The lowest BCUT2D eigenvalue weighted by Crippen LogP contribution is -2.43. The van der Waals surface area contributed by atoms with Crippen molar-refractivity contribution in [2.45, 2.75) is 24.9 Å². The van der Waals surface area contributed by atoms with Gasteiger partial charge in [-0.1, -0.05) is 6.92 Å². The van der Waals surface area contributed by atoms with Crippen LogP contribution in [0.5, 0.6) is 0 Å². The fraction of sp³-hybridized carbons (Fsp3) is 1.00. The van der Waals surface area contributed by atoms with Crippen LogP contribution in [0.4, 0.5) is 0 Å². The normalized spacial score (nSPS) is 14.3. The Bertz CT molecular complexity index is 376. The molecule has 7 heteroatoms. The zero-order chi connectivity index (χ0) is 11.6. The van der Waals surface area contributed by atoms with Gasteiger partial charge in [-0.15, -0.1) is 0 Å². The number of hydrogen-bond donors (Lipinski definition) is 1. The highest BCUT2D eigenvalue weighted by atomic mass is 32.3. The molecule has 0 saturated heterocycles. The third-order valence-electron chi connectivity index (χ3n) is 2.24. The molecule has 14 heavy (non-hydrogen) atoms. The number of sulfone groups is 2. The van der Waals surface area contributed by atoms with E-state index in [9.17, 15) is 16.8 Å². The Kier molecular flexibility index (Phi) is 4.12. The summed E-state index contributed by atoms with van der Waals surface area (Å²) in [5.41, 5.74) is 0. The van der Waals surface area contributed by atoms with Crippen molar-refractivity contribution in [1.82, 2.24) is 0 Å². The summed E-state index contributed by atoms with van der Waals surface area (Å²) < 4.78 is 44.2. The molecular formula is C7H16O5S2. The molecule has 0 aromatic heterocycles. The molecule has 0 aliphatic rings. The minimum Gasteiger partial charge on any atom is -0.395 e. The van der Waals surface area contributed by atoms with Gasteiger partial charge < -0.3 is 5.11 Å². The average molecular weight is 244 g/mol. The van der Waals surface area contributed by atoms with Gasteiger partial charge in [-0.25, -0.2) is 16.8 Å². The molecule has 0 aromatic rings. The predicted octanol–water partition coefficient (Wildman–Crippen LogP) is -0.436. The van der Waals surface area contributed by atoms with Gasteiger partial charge in [-0.3, -0.25) is 0 Å². The van der Waals surface area contributed by atoms with Crippen molar-refractivity contribution in [3.63, 3.8) is 0 Å². The van der Waals surface area contributed by atoms with Crippen LogP contribution in [0.1, 0.15) is 20.8 Å². The molecule has 5 nitrogen and oxygen atoms in total. The Balaban J connectivity index is 5.38. The highest BCUT2D eigenvalue weighted by molar-refractivity contribution is 8.10. The van der Waals surface area contributed by atoms with Crippen LogP contribution in [0.3, 0.4) is 0 Å². The first kappa shape index (κ1) is 13.9. The van der Waals surface area contributed by atoms with Gasteiger partial charge in [0.05, 0.1) is 12.4 Å². The first-order valence-corrected chi connectivity index (χ1v) is 7.48. The Hall–Kier alpha value is -0.140. The van der Waals surface area contributed by atoms with E-state index >= 15 is 0 Å². The zero-order valence-corrected chi connectivity index (χ0v) is 10.2. The van der Waals surface area contributed by atoms with Crippen molar-refractivity contribution in [2.75, 3.05) is 18.1 Å². The standard InChI is InChI=1S/C7H16O5S2/c1-4-13(9,10)7(2,3)14(11,12)6-5-8/h8H,4-6H2,1-3H3. The molecule has 1 N–H and O–H groups in total. The van der Waals surface area contributed by atoms with Crippen LogP contribution in [0.2, 0.25) is 0 Å². The fourth-order valence-corrected chi connectivity index (χ4v) is 4.49. The van der Waals surface area contributed by atoms with Crippen molar-refractivity contribution in [3.05, 3.63) is 0 Å². The number of aliphatic hydroxyl groups is 1. The first-order valence-electron chi connectivity index (χ1n) is 4.18. The van der Waals surface area contributed by atoms with Gasteiger partial charge in [0, 0.05) is 5.75 Å². The molecule has 0 aliphatic carbocycles. The highest BCUT2D eigenvalue weighted by Crippen LogP contribution is 2.25. The maximum atomic E-state index is 11.5. The molecule has 0 amide bonds. The molecule has 0 radical (unpaired) electrons. The van der Waals surface area contributed by atoms with Gasteiger partial charge in [-0.05, 0) is 13.8 Å². The van der Waals surface area contributed by atoms with Crippen LogP contribution >= 0.6 is 0 Å². The second-order valence-corrected chi connectivity index (χ2v) is 9.09. The molecule has 0 aliphatic heterocycles. The van der Waals surface area contributed by atoms with E-state index in [1.54, 1.807) is 0 Å². The predicted molar refractivity (Wildman–Crippen MR) is 54.4 cm³/mol. The van der Waals surface area contributed by atoms with Crippen LogP contribution in [-0.4, -0.2) is 44.1 Å². The SMILES string of the molecule is CCS(=O)(=O)C(C)(C)S(=O)(=O)CCO. The Labute approximate surface area is 85.0 Å². The number of hydrogen-bond acceptors (Lipinski definition) is 5. The van der Waals surface area contributed by atoms with Crippen LogP contribution in [0.15, 0.2) is 0 Å². The smallest absolute Gasteiger partial charge is 0.172 e. The fourth-order valence-electron chi connectivity index (χ4n) is 0.907. The van der Waals surface area contributed by atoms with E-state index in [1.807, 2.05) is 0 Å². The Morgan fingerprint density at radius 3 is 1.79 bits per heavy atom. The summed E-state index contributed by atoms with van der Waals surface area (Å²) in [6.45, 7) is 3.13. The summed E-state index contributed by atoms with van der Waals surface area (Å²) in [5, 5.41) is 8.53. The monoisotopic (exact) mass is 244 g/mol. The lowest BCUT2D eigenvalue weighted by molar-refractivity contribution is 0.319. The summed E-state index contributed by atoms with van der Waals surface area (Å²) in [7, 11) is -7.49. The second kappa shape index (κ2) is 4.16. The molecule has 0 rings (SSSR count). The van der Waals surface area contributed by atoms with Gasteiger partial charge in [0.15, 0.2) is 23.8 Å². The van der Waals surface area contributed by atoms with E-state index in [2.05, 4.69) is 0 Å². The molecule has 0 atom stereocenters. The largest absolute Gasteiger partial charge is 0.395 e. The van der Waals surface area contributed by atoms with Gasteiger partial charge >= 0.3 is 0 Å². The van der Waals surface area contributed by atoms with E-state index in [4.69, 9.17) is 5.11 Å². The Morgan fingerprint density at radius 1 is 1.07 bits per heavy atom. The molecule has 0 spiro atoms. The summed E-state index contributed by atoms with van der Waals surface area (Å²) in [4.78, 5) is 0. The van der Waals surface area contributed by atoms with Crippen LogP contribution in [-0.2, 0) is 19.7 Å². The van der Waals surface area contributed by atoms with Crippen molar-refractivity contribution >= 4 is 19.7 Å². The van der Waals surface area contributed by atoms with Crippen molar-refractivity contribution in [1.29, 1.82) is 0 Å². The molecule has 0 aromatic carbocycles. The topological polar surface area (TPSA) is 88.5 Å². The quantitative estimate of drug-likeness (QED) is 0.708. The maximum absolute atomic E-state index is 11.5. The molecule has 0 bridgehead atoms. The molecule has 86 valence electrons. The first-order chi connectivity index (χ1) is 6.12. The summed E-state index contributed by atoms with van der Waals surface area (Å²) in [5.74, 6) is -0.760. The Morgan fingerprint density at radius 2 is 1.50 bits per heavy atom. The number of aliphatic hydroxyl groups excluding tert-OH is 1. The minimum atomic E-state index is -3.82. The van der Waals surface area contributed by atoms with Crippen LogP contribution in [0, 0.1) is 0 Å². The van der Waals surface area contributed by atoms with Crippen LogP contribution in [0.25, 0.3) is 0 Å². The molecule has 0 fully saturated rings. The molecule has 0 heterocycles. The van der Waals surface area contributed by atoms with Gasteiger partial charge in [0.1, 0.15) is 0 Å². The van der Waals surface area contributed by atoms with E-state index in [0.717, 1.165) is 13.8 Å². The van der Waals surface area contributed by atoms with Gasteiger partial charge in [0.25, 0.3) is 0 Å². The highest BCUT2D eigenvalue weighted by Gasteiger charge is 2.44. The van der Waals surface area contributed by atoms with Crippen molar-refractivity contribution < 1.29 is 21.9 Å². The minimum absolute atomic E-state index is 0.231. The zero-order valence-electron chi connectivity index (χ0n) is 8.52.